The highest BCUT2D eigenvalue weighted by molar-refractivity contribution is 5.64. The first-order valence-corrected chi connectivity index (χ1v) is 11.2. The number of aliphatic hydroxyl groups is 1. The third-order valence-corrected chi connectivity index (χ3v) is 8.76. The molecule has 1 N–H and O–H groups in total. The fourth-order valence-electron chi connectivity index (χ4n) is 7.20. The van der Waals surface area contributed by atoms with Crippen LogP contribution in [-0.2, 0) is 11.8 Å². The van der Waals surface area contributed by atoms with E-state index >= 15 is 0 Å². The van der Waals surface area contributed by atoms with Gasteiger partial charge in [-0.05, 0) is 81.0 Å². The van der Waals surface area contributed by atoms with Gasteiger partial charge in [0.05, 0.1) is 18.1 Å². The molecule has 4 atom stereocenters. The minimum absolute atomic E-state index is 0.0136. The quantitative estimate of drug-likeness (QED) is 0.818. The Balaban J connectivity index is 1.46. The predicted molar refractivity (Wildman–Crippen MR) is 106 cm³/mol. The maximum Gasteiger partial charge on any atom is 0.166 e. The van der Waals surface area contributed by atoms with E-state index in [4.69, 9.17) is 9.47 Å². The minimum Gasteiger partial charge on any atom is -0.493 e. The molecule has 1 spiro atoms. The summed E-state index contributed by atoms with van der Waals surface area (Å²) in [5.41, 5.74) is 4.81. The van der Waals surface area contributed by atoms with E-state index in [9.17, 15) is 5.11 Å². The van der Waals surface area contributed by atoms with Crippen LogP contribution in [0.4, 0.5) is 0 Å². The van der Waals surface area contributed by atoms with Gasteiger partial charge in [0, 0.05) is 18.2 Å². The molecule has 1 aromatic carbocycles. The van der Waals surface area contributed by atoms with Crippen LogP contribution in [0, 0.1) is 5.92 Å². The molecular weight excluding hydrogens is 350 g/mol. The van der Waals surface area contributed by atoms with E-state index in [1.54, 1.807) is 12.7 Å². The molecule has 148 valence electrons. The van der Waals surface area contributed by atoms with Gasteiger partial charge >= 0.3 is 0 Å². The van der Waals surface area contributed by atoms with Crippen LogP contribution in [0.3, 0.4) is 0 Å². The van der Waals surface area contributed by atoms with Gasteiger partial charge in [0.15, 0.2) is 11.5 Å². The number of hydrogen-bond acceptors (Lipinski definition) is 4. The Kier molecular flexibility index (Phi) is 2.99. The summed E-state index contributed by atoms with van der Waals surface area (Å²) in [6.45, 7) is 2.25. The number of likely N-dealkylation sites (tertiary alicyclic amines) is 1. The molecule has 3 saturated carbocycles. The second-order valence-electron chi connectivity index (χ2n) is 10.1. The first-order valence-electron chi connectivity index (χ1n) is 11.2. The fraction of sp³-hybridized carbons (Fsp3) is 0.667. The number of benzene rings is 1. The van der Waals surface area contributed by atoms with Gasteiger partial charge in [-0.25, -0.2) is 0 Å². The lowest BCUT2D eigenvalue weighted by atomic mass is 9.48. The zero-order valence-corrected chi connectivity index (χ0v) is 16.7. The lowest BCUT2D eigenvalue weighted by molar-refractivity contribution is -0.174. The molecule has 0 amide bonds. The summed E-state index contributed by atoms with van der Waals surface area (Å²) < 4.78 is 12.5. The Morgan fingerprint density at radius 1 is 1.21 bits per heavy atom. The molecule has 2 bridgehead atoms. The zero-order valence-electron chi connectivity index (χ0n) is 16.7. The molecule has 4 fully saturated rings. The van der Waals surface area contributed by atoms with Crippen LogP contribution in [0.2, 0.25) is 0 Å². The maximum absolute atomic E-state index is 12.4. The van der Waals surface area contributed by atoms with Crippen molar-refractivity contribution in [2.75, 3.05) is 20.2 Å². The second-order valence-corrected chi connectivity index (χ2v) is 10.1. The van der Waals surface area contributed by atoms with Crippen molar-refractivity contribution in [3.05, 3.63) is 34.4 Å². The fourth-order valence-corrected chi connectivity index (χ4v) is 7.20. The molecule has 7 rings (SSSR count). The van der Waals surface area contributed by atoms with Crippen LogP contribution in [0.15, 0.2) is 23.3 Å². The molecule has 4 heteroatoms. The molecule has 4 aliphatic carbocycles. The van der Waals surface area contributed by atoms with E-state index in [0.717, 1.165) is 49.6 Å². The van der Waals surface area contributed by atoms with Crippen LogP contribution >= 0.6 is 0 Å². The summed E-state index contributed by atoms with van der Waals surface area (Å²) >= 11 is 0. The standard InChI is InChI=1S/C24H29NO3/c1-27-18-7-6-16-12-19-24(26)9-8-17(15-4-5-15)22-23(24,20(16)21(18)28-22)10-11-25(19)13-14-2-3-14/h6-7,14,19,22,26H,2-5,8-13H2,1H3/t19-,22-,23-,24+/m0/s1. The Bertz CT molecular complexity index is 913. The Morgan fingerprint density at radius 3 is 2.82 bits per heavy atom. The van der Waals surface area contributed by atoms with Crippen molar-refractivity contribution < 1.29 is 14.6 Å². The molecule has 1 aromatic rings. The van der Waals surface area contributed by atoms with Crippen LogP contribution in [0.25, 0.3) is 0 Å². The predicted octanol–water partition coefficient (Wildman–Crippen LogP) is 3.35. The number of hydrogen-bond donors (Lipinski definition) is 1. The lowest BCUT2D eigenvalue weighted by Gasteiger charge is -2.63. The molecule has 4 nitrogen and oxygen atoms in total. The zero-order chi connectivity index (χ0) is 18.7. The number of nitrogens with zero attached hydrogens (tertiary/aromatic N) is 1. The van der Waals surface area contributed by atoms with E-state index in [1.807, 2.05) is 0 Å². The average Bonchev–Trinajstić information content (AvgIpc) is 3.60. The van der Waals surface area contributed by atoms with Gasteiger partial charge in [0.25, 0.3) is 0 Å². The van der Waals surface area contributed by atoms with Crippen LogP contribution in [0.5, 0.6) is 11.5 Å². The van der Waals surface area contributed by atoms with Gasteiger partial charge in [-0.2, -0.15) is 0 Å². The molecule has 2 heterocycles. The Labute approximate surface area is 166 Å². The molecule has 6 aliphatic rings. The van der Waals surface area contributed by atoms with Crippen molar-refractivity contribution in [3.8, 4) is 11.5 Å². The molecule has 2 aliphatic heterocycles. The summed E-state index contributed by atoms with van der Waals surface area (Å²) in [5, 5.41) is 12.4. The van der Waals surface area contributed by atoms with Crippen LogP contribution in [0.1, 0.15) is 56.1 Å². The van der Waals surface area contributed by atoms with E-state index < -0.39 is 5.60 Å². The van der Waals surface area contributed by atoms with Gasteiger partial charge in [-0.15, -0.1) is 0 Å². The Hall–Kier alpha value is -1.52. The normalized spacial score (nSPS) is 40.2. The largest absolute Gasteiger partial charge is 0.493 e. The van der Waals surface area contributed by atoms with Crippen molar-refractivity contribution in [1.82, 2.24) is 4.90 Å². The summed E-state index contributed by atoms with van der Waals surface area (Å²) in [4.78, 5) is 2.64. The monoisotopic (exact) mass is 379 g/mol. The molecule has 0 aromatic heterocycles. The summed E-state index contributed by atoms with van der Waals surface area (Å²) in [6.07, 6.45) is 9.02. The third-order valence-electron chi connectivity index (χ3n) is 8.76. The molecule has 28 heavy (non-hydrogen) atoms. The van der Waals surface area contributed by atoms with Crippen molar-refractivity contribution in [3.63, 3.8) is 0 Å². The number of methoxy groups -OCH3 is 1. The lowest BCUT2D eigenvalue weighted by Crippen LogP contribution is -2.75. The number of ether oxygens (including phenoxy) is 2. The summed E-state index contributed by atoms with van der Waals surface area (Å²) in [6, 6.07) is 4.56. The third kappa shape index (κ3) is 1.80. The van der Waals surface area contributed by atoms with Crippen LogP contribution < -0.4 is 9.47 Å². The van der Waals surface area contributed by atoms with E-state index in [1.165, 1.54) is 48.9 Å². The Morgan fingerprint density at radius 2 is 2.07 bits per heavy atom. The van der Waals surface area contributed by atoms with Crippen molar-refractivity contribution in [1.29, 1.82) is 0 Å². The minimum atomic E-state index is -0.686. The smallest absolute Gasteiger partial charge is 0.166 e. The summed E-state index contributed by atoms with van der Waals surface area (Å²) in [7, 11) is 1.73. The molecule has 1 saturated heterocycles. The van der Waals surface area contributed by atoms with Gasteiger partial charge in [0.1, 0.15) is 6.10 Å². The van der Waals surface area contributed by atoms with Gasteiger partial charge in [-0.3, -0.25) is 4.90 Å². The van der Waals surface area contributed by atoms with Gasteiger partial charge < -0.3 is 14.6 Å². The summed E-state index contributed by atoms with van der Waals surface area (Å²) in [5.74, 6) is 2.62. The van der Waals surface area contributed by atoms with Crippen molar-refractivity contribution in [2.45, 2.75) is 74.5 Å². The number of allylic oxidation sites excluding steroid dienone is 1. The molecular formula is C24H29NO3. The highest BCUT2D eigenvalue weighted by Crippen LogP contribution is 2.67. The van der Waals surface area contributed by atoms with E-state index in [2.05, 4.69) is 17.0 Å². The topological polar surface area (TPSA) is 41.9 Å². The second kappa shape index (κ2) is 5.14. The maximum atomic E-state index is 12.4. The van der Waals surface area contributed by atoms with Crippen LogP contribution in [-0.4, -0.2) is 48.0 Å². The first kappa shape index (κ1) is 16.3. The highest BCUT2D eigenvalue weighted by Gasteiger charge is 2.72. The van der Waals surface area contributed by atoms with Crippen molar-refractivity contribution in [2.24, 2.45) is 5.92 Å². The van der Waals surface area contributed by atoms with Gasteiger partial charge in [0.2, 0.25) is 0 Å². The molecule has 0 unspecified atom stereocenters. The number of piperidine rings is 1. The van der Waals surface area contributed by atoms with Gasteiger partial charge in [-0.1, -0.05) is 11.6 Å². The van der Waals surface area contributed by atoms with E-state index in [-0.39, 0.29) is 17.6 Å². The molecule has 0 radical (unpaired) electrons. The van der Waals surface area contributed by atoms with Crippen molar-refractivity contribution >= 4 is 0 Å². The highest BCUT2D eigenvalue weighted by atomic mass is 16.5. The first-order chi connectivity index (χ1) is 13.7. The van der Waals surface area contributed by atoms with E-state index in [0.29, 0.717) is 0 Å². The SMILES string of the molecule is COc1ccc2c3c1O[C@H]1C(=C4CC4)CC[C@@]4(O)[C@H](C2)N(CC2CC2)CC[C@]314. The number of rotatable bonds is 3. The average molecular weight is 380 g/mol.